The van der Waals surface area contributed by atoms with Gasteiger partial charge in [0.15, 0.2) is 0 Å². The van der Waals surface area contributed by atoms with Crippen molar-refractivity contribution in [1.82, 2.24) is 4.31 Å². The molecule has 0 saturated carbocycles. The molecule has 1 aromatic rings. The van der Waals surface area contributed by atoms with E-state index in [-0.39, 0.29) is 0 Å². The highest BCUT2D eigenvalue weighted by Crippen LogP contribution is 2.25. The number of hydrogen-bond donors (Lipinski definition) is 0. The molecule has 21 heavy (non-hydrogen) atoms. The summed E-state index contributed by atoms with van der Waals surface area (Å²) in [6.45, 7) is 11.2. The summed E-state index contributed by atoms with van der Waals surface area (Å²) in [7, 11) is -3.39. The predicted molar refractivity (Wildman–Crippen MR) is 89.2 cm³/mol. The third-order valence-electron chi connectivity index (χ3n) is 3.72. The molecule has 0 atom stereocenters. The van der Waals surface area contributed by atoms with Gasteiger partial charge < -0.3 is 0 Å². The lowest BCUT2D eigenvalue weighted by Crippen LogP contribution is -2.34. The Hall–Kier alpha value is -0.870. The number of rotatable bonds is 8. The zero-order chi connectivity index (χ0) is 16.0. The summed E-state index contributed by atoms with van der Waals surface area (Å²) in [6.07, 6.45) is 3.83. The Kier molecular flexibility index (Phi) is 6.88. The van der Waals surface area contributed by atoms with Crippen molar-refractivity contribution in [3.63, 3.8) is 0 Å². The molecule has 0 fully saturated rings. The fourth-order valence-corrected chi connectivity index (χ4v) is 4.65. The van der Waals surface area contributed by atoms with Gasteiger partial charge in [0.1, 0.15) is 0 Å². The zero-order valence-corrected chi connectivity index (χ0v) is 14.9. The summed E-state index contributed by atoms with van der Waals surface area (Å²) in [6, 6.07) is 3.91. The Morgan fingerprint density at radius 3 is 1.71 bits per heavy atom. The Morgan fingerprint density at radius 2 is 1.33 bits per heavy atom. The molecule has 1 rings (SSSR count). The molecule has 0 N–H and O–H groups in total. The SMILES string of the molecule is CCCCN(CCCC)S(=O)(=O)c1c(C)cc(C)cc1C. The summed E-state index contributed by atoms with van der Waals surface area (Å²) in [5.74, 6) is 0. The van der Waals surface area contributed by atoms with Crippen LogP contribution in [-0.4, -0.2) is 25.8 Å². The van der Waals surface area contributed by atoms with Crippen molar-refractivity contribution in [1.29, 1.82) is 0 Å². The first-order valence-electron chi connectivity index (χ1n) is 7.92. The zero-order valence-electron chi connectivity index (χ0n) is 14.1. The fraction of sp³-hybridized carbons (Fsp3) is 0.647. The third-order valence-corrected chi connectivity index (χ3v) is 5.93. The van der Waals surface area contributed by atoms with Gasteiger partial charge in [-0.05, 0) is 44.7 Å². The van der Waals surface area contributed by atoms with Crippen molar-refractivity contribution in [3.05, 3.63) is 28.8 Å². The number of unbranched alkanes of at least 4 members (excludes halogenated alkanes) is 2. The van der Waals surface area contributed by atoms with Gasteiger partial charge in [0.25, 0.3) is 0 Å². The quantitative estimate of drug-likeness (QED) is 0.721. The Balaban J connectivity index is 3.21. The highest BCUT2D eigenvalue weighted by molar-refractivity contribution is 7.89. The molecule has 3 nitrogen and oxygen atoms in total. The average molecular weight is 311 g/mol. The van der Waals surface area contributed by atoms with Gasteiger partial charge in [-0.15, -0.1) is 0 Å². The summed E-state index contributed by atoms with van der Waals surface area (Å²) in [5, 5.41) is 0. The van der Waals surface area contributed by atoms with Crippen LogP contribution in [0.5, 0.6) is 0 Å². The monoisotopic (exact) mass is 311 g/mol. The van der Waals surface area contributed by atoms with E-state index in [1.165, 1.54) is 0 Å². The van der Waals surface area contributed by atoms with Crippen LogP contribution in [0.1, 0.15) is 56.2 Å². The fourth-order valence-electron chi connectivity index (χ4n) is 2.72. The highest BCUT2D eigenvalue weighted by atomic mass is 32.2. The van der Waals surface area contributed by atoms with E-state index in [1.54, 1.807) is 4.31 Å². The minimum atomic E-state index is -3.39. The van der Waals surface area contributed by atoms with Gasteiger partial charge in [-0.25, -0.2) is 8.42 Å². The molecule has 0 amide bonds. The van der Waals surface area contributed by atoms with E-state index in [9.17, 15) is 8.42 Å². The van der Waals surface area contributed by atoms with Crippen molar-refractivity contribution in [3.8, 4) is 0 Å². The molecular weight excluding hydrogens is 282 g/mol. The van der Waals surface area contributed by atoms with Crippen LogP contribution >= 0.6 is 0 Å². The van der Waals surface area contributed by atoms with E-state index in [0.717, 1.165) is 42.4 Å². The molecular formula is C17H29NO2S. The minimum Gasteiger partial charge on any atom is -0.207 e. The van der Waals surface area contributed by atoms with Crippen molar-refractivity contribution in [2.45, 2.75) is 65.2 Å². The first-order valence-corrected chi connectivity index (χ1v) is 9.36. The van der Waals surface area contributed by atoms with Crippen molar-refractivity contribution < 1.29 is 8.42 Å². The normalized spacial score (nSPS) is 12.1. The second-order valence-electron chi connectivity index (χ2n) is 5.84. The number of nitrogens with zero attached hydrogens (tertiary/aromatic N) is 1. The molecule has 0 radical (unpaired) electrons. The molecule has 0 spiro atoms. The molecule has 120 valence electrons. The standard InChI is InChI=1S/C17H29NO2S/c1-6-8-10-18(11-9-7-2)21(19,20)17-15(4)12-14(3)13-16(17)5/h12-13H,6-11H2,1-5H3. The number of sulfonamides is 1. The summed E-state index contributed by atoms with van der Waals surface area (Å²) < 4.78 is 27.7. The van der Waals surface area contributed by atoms with Crippen molar-refractivity contribution in [2.24, 2.45) is 0 Å². The molecule has 0 aliphatic rings. The summed E-state index contributed by atoms with van der Waals surface area (Å²) in [5.41, 5.74) is 2.81. The smallest absolute Gasteiger partial charge is 0.207 e. The van der Waals surface area contributed by atoms with Gasteiger partial charge in [0.2, 0.25) is 10.0 Å². The predicted octanol–water partition coefficient (Wildman–Crippen LogP) is 4.20. The first kappa shape index (κ1) is 18.2. The largest absolute Gasteiger partial charge is 0.243 e. The summed E-state index contributed by atoms with van der Waals surface area (Å²) in [4.78, 5) is 0.500. The van der Waals surface area contributed by atoms with E-state index in [0.29, 0.717) is 18.0 Å². The van der Waals surface area contributed by atoms with Gasteiger partial charge >= 0.3 is 0 Å². The molecule has 0 aliphatic heterocycles. The van der Waals surface area contributed by atoms with Crippen LogP contribution in [0.3, 0.4) is 0 Å². The molecule has 1 aromatic carbocycles. The molecule has 4 heteroatoms. The summed E-state index contributed by atoms with van der Waals surface area (Å²) >= 11 is 0. The second kappa shape index (κ2) is 7.95. The number of benzene rings is 1. The first-order chi connectivity index (χ1) is 9.84. The second-order valence-corrected chi connectivity index (χ2v) is 7.71. The van der Waals surface area contributed by atoms with Gasteiger partial charge in [-0.3, -0.25) is 0 Å². The molecule has 0 unspecified atom stereocenters. The van der Waals surface area contributed by atoms with E-state index >= 15 is 0 Å². The van der Waals surface area contributed by atoms with Crippen LogP contribution in [0.4, 0.5) is 0 Å². The maximum Gasteiger partial charge on any atom is 0.243 e. The van der Waals surface area contributed by atoms with E-state index < -0.39 is 10.0 Å². The van der Waals surface area contributed by atoms with Gasteiger partial charge in [0.05, 0.1) is 4.90 Å². The molecule has 0 heterocycles. The number of hydrogen-bond acceptors (Lipinski definition) is 2. The molecule has 0 aromatic heterocycles. The third kappa shape index (κ3) is 4.55. The Bertz CT molecular complexity index is 533. The Morgan fingerprint density at radius 1 is 0.905 bits per heavy atom. The lowest BCUT2D eigenvalue weighted by Gasteiger charge is -2.24. The van der Waals surface area contributed by atoms with Crippen LogP contribution in [0, 0.1) is 20.8 Å². The van der Waals surface area contributed by atoms with E-state index in [2.05, 4.69) is 13.8 Å². The molecule has 0 bridgehead atoms. The Labute approximate surface area is 130 Å². The van der Waals surface area contributed by atoms with Gasteiger partial charge in [-0.1, -0.05) is 44.4 Å². The van der Waals surface area contributed by atoms with Crippen LogP contribution in [0.15, 0.2) is 17.0 Å². The maximum atomic E-state index is 13.0. The van der Waals surface area contributed by atoms with Crippen LogP contribution in [-0.2, 0) is 10.0 Å². The van der Waals surface area contributed by atoms with E-state index in [4.69, 9.17) is 0 Å². The van der Waals surface area contributed by atoms with Crippen LogP contribution in [0.25, 0.3) is 0 Å². The molecule has 0 saturated heterocycles. The van der Waals surface area contributed by atoms with E-state index in [1.807, 2.05) is 32.9 Å². The van der Waals surface area contributed by atoms with Gasteiger partial charge in [-0.2, -0.15) is 4.31 Å². The van der Waals surface area contributed by atoms with Crippen LogP contribution < -0.4 is 0 Å². The maximum absolute atomic E-state index is 13.0. The van der Waals surface area contributed by atoms with Crippen molar-refractivity contribution >= 4 is 10.0 Å². The lowest BCUT2D eigenvalue weighted by molar-refractivity contribution is 0.395. The number of aryl methyl sites for hydroxylation is 3. The van der Waals surface area contributed by atoms with Crippen molar-refractivity contribution in [2.75, 3.05) is 13.1 Å². The van der Waals surface area contributed by atoms with Gasteiger partial charge in [0, 0.05) is 13.1 Å². The minimum absolute atomic E-state index is 0.500. The van der Waals surface area contributed by atoms with Crippen LogP contribution in [0.2, 0.25) is 0 Å². The topological polar surface area (TPSA) is 37.4 Å². The molecule has 0 aliphatic carbocycles. The average Bonchev–Trinajstić information content (AvgIpc) is 2.36. The lowest BCUT2D eigenvalue weighted by atomic mass is 10.1. The highest BCUT2D eigenvalue weighted by Gasteiger charge is 2.26.